The number of piperidine rings is 1. The smallest absolute Gasteiger partial charge is 0.168 e. The van der Waals surface area contributed by atoms with E-state index < -0.39 is 0 Å². The third kappa shape index (κ3) is 2.98. The molecule has 3 aliphatic heterocycles. The molecule has 5 heterocycles. The molecule has 1 unspecified atom stereocenters. The molecule has 0 amide bonds. The normalized spacial score (nSPS) is 23.9. The van der Waals surface area contributed by atoms with Crippen LogP contribution >= 0.6 is 0 Å². The second-order valence-electron chi connectivity index (χ2n) is 8.98. The van der Waals surface area contributed by atoms with Crippen molar-refractivity contribution in [3.63, 3.8) is 0 Å². The monoisotopic (exact) mass is 379 g/mol. The Bertz CT molecular complexity index is 871. The van der Waals surface area contributed by atoms with E-state index in [0.29, 0.717) is 5.41 Å². The zero-order chi connectivity index (χ0) is 19.3. The highest BCUT2D eigenvalue weighted by Crippen LogP contribution is 2.40. The van der Waals surface area contributed by atoms with Gasteiger partial charge in [-0.15, -0.1) is 0 Å². The highest BCUT2D eigenvalue weighted by Gasteiger charge is 2.38. The summed E-state index contributed by atoms with van der Waals surface area (Å²) in [5.41, 5.74) is 7.26. The maximum absolute atomic E-state index is 4.94. The van der Waals surface area contributed by atoms with E-state index in [2.05, 4.69) is 52.2 Å². The lowest BCUT2D eigenvalue weighted by Gasteiger charge is -2.38. The first-order valence-corrected chi connectivity index (χ1v) is 10.3. The summed E-state index contributed by atoms with van der Waals surface area (Å²) in [6, 6.07) is 4.19. The van der Waals surface area contributed by atoms with Gasteiger partial charge in [-0.1, -0.05) is 13.8 Å². The van der Waals surface area contributed by atoms with Crippen molar-refractivity contribution in [1.82, 2.24) is 20.0 Å². The zero-order valence-electron chi connectivity index (χ0n) is 17.0. The maximum Gasteiger partial charge on any atom is 0.168 e. The van der Waals surface area contributed by atoms with Gasteiger partial charge in [-0.25, -0.2) is 9.97 Å². The number of hydrogen-bond acceptors (Lipinski definition) is 7. The minimum Gasteiger partial charge on any atom is -0.355 e. The molecule has 1 N–H and O–H groups in total. The average Bonchev–Trinajstić information content (AvgIpc) is 3.02. The molecular formula is C21H29N7. The number of anilines is 3. The number of nitrogens with one attached hydrogen (secondary N) is 1. The van der Waals surface area contributed by atoms with Gasteiger partial charge in [-0.2, -0.15) is 5.01 Å². The Kier molecular flexibility index (Phi) is 4.16. The van der Waals surface area contributed by atoms with Crippen LogP contribution in [0, 0.1) is 5.41 Å². The highest BCUT2D eigenvalue weighted by atomic mass is 15.6. The lowest BCUT2D eigenvalue weighted by Crippen LogP contribution is -2.41. The lowest BCUT2D eigenvalue weighted by molar-refractivity contribution is 0.279. The van der Waals surface area contributed by atoms with E-state index in [1.165, 1.54) is 24.2 Å². The van der Waals surface area contributed by atoms with Gasteiger partial charge in [0.25, 0.3) is 0 Å². The third-order valence-electron chi connectivity index (χ3n) is 6.41. The molecule has 2 aromatic heterocycles. The molecule has 28 heavy (non-hydrogen) atoms. The number of fused-ring (bicyclic) bond motifs is 2. The highest BCUT2D eigenvalue weighted by molar-refractivity contribution is 5.59. The van der Waals surface area contributed by atoms with Crippen LogP contribution in [0.3, 0.4) is 0 Å². The Morgan fingerprint density at radius 2 is 1.96 bits per heavy atom. The SMILES string of the molecule is CN1Nc2nc(N3CCC(C)(C)CC3)cnc2C1N1CCCc2ncccc21. The van der Waals surface area contributed by atoms with E-state index in [4.69, 9.17) is 9.97 Å². The molecule has 2 aromatic rings. The second kappa shape index (κ2) is 6.58. The zero-order valence-corrected chi connectivity index (χ0v) is 17.0. The van der Waals surface area contributed by atoms with Crippen LogP contribution in [0.1, 0.15) is 50.7 Å². The number of aromatic nitrogens is 3. The van der Waals surface area contributed by atoms with Crippen molar-refractivity contribution in [3.8, 4) is 0 Å². The summed E-state index contributed by atoms with van der Waals surface area (Å²) in [7, 11) is 2.07. The molecule has 0 spiro atoms. The van der Waals surface area contributed by atoms with Crippen molar-refractivity contribution >= 4 is 17.3 Å². The van der Waals surface area contributed by atoms with Crippen molar-refractivity contribution in [2.45, 2.75) is 45.7 Å². The van der Waals surface area contributed by atoms with Crippen LogP contribution < -0.4 is 15.2 Å². The number of hydrogen-bond donors (Lipinski definition) is 1. The molecule has 5 rings (SSSR count). The van der Waals surface area contributed by atoms with Gasteiger partial charge in [0.15, 0.2) is 5.82 Å². The first-order chi connectivity index (χ1) is 13.5. The van der Waals surface area contributed by atoms with Gasteiger partial charge in [0.2, 0.25) is 0 Å². The molecule has 0 aliphatic carbocycles. The topological polar surface area (TPSA) is 60.4 Å². The summed E-state index contributed by atoms with van der Waals surface area (Å²) < 4.78 is 0. The molecule has 0 radical (unpaired) electrons. The Morgan fingerprint density at radius 3 is 2.79 bits per heavy atom. The lowest BCUT2D eigenvalue weighted by atomic mass is 9.83. The predicted molar refractivity (Wildman–Crippen MR) is 111 cm³/mol. The van der Waals surface area contributed by atoms with Crippen LogP contribution in [0.15, 0.2) is 24.5 Å². The molecule has 0 aromatic carbocycles. The quantitative estimate of drug-likeness (QED) is 0.860. The predicted octanol–water partition coefficient (Wildman–Crippen LogP) is 3.22. The molecular weight excluding hydrogens is 350 g/mol. The van der Waals surface area contributed by atoms with E-state index in [-0.39, 0.29) is 6.17 Å². The van der Waals surface area contributed by atoms with Crippen LogP contribution in [-0.4, -0.2) is 46.6 Å². The van der Waals surface area contributed by atoms with Gasteiger partial charge in [-0.3, -0.25) is 10.4 Å². The fourth-order valence-electron chi connectivity index (χ4n) is 4.60. The van der Waals surface area contributed by atoms with Crippen LogP contribution in [0.4, 0.5) is 17.3 Å². The standard InChI is InChI=1S/C21H29N7/c1-21(2)8-12-27(13-9-21)17-14-23-18-19(24-17)25-26(3)20(18)28-11-5-6-15-16(28)7-4-10-22-15/h4,7,10,14,20H,5-6,8-9,11-13H2,1-3H3,(H,24,25). The van der Waals surface area contributed by atoms with Crippen molar-refractivity contribution in [2.24, 2.45) is 5.41 Å². The van der Waals surface area contributed by atoms with Crippen LogP contribution in [-0.2, 0) is 6.42 Å². The van der Waals surface area contributed by atoms with Crippen LogP contribution in [0.5, 0.6) is 0 Å². The summed E-state index contributed by atoms with van der Waals surface area (Å²) in [4.78, 5) is 19.2. The Morgan fingerprint density at radius 1 is 1.14 bits per heavy atom. The molecule has 148 valence electrons. The number of hydrazine groups is 1. The minimum absolute atomic E-state index is 0.0417. The van der Waals surface area contributed by atoms with E-state index in [0.717, 1.165) is 49.8 Å². The fourth-order valence-corrected chi connectivity index (χ4v) is 4.60. The summed E-state index contributed by atoms with van der Waals surface area (Å²) in [6.45, 7) is 7.80. The van der Waals surface area contributed by atoms with Crippen molar-refractivity contribution < 1.29 is 0 Å². The molecule has 7 nitrogen and oxygen atoms in total. The van der Waals surface area contributed by atoms with Crippen molar-refractivity contribution in [3.05, 3.63) is 35.9 Å². The minimum atomic E-state index is 0.0417. The third-order valence-corrected chi connectivity index (χ3v) is 6.41. The Hall–Kier alpha value is -2.41. The summed E-state index contributed by atoms with van der Waals surface area (Å²) >= 11 is 0. The Labute approximate surface area is 166 Å². The van der Waals surface area contributed by atoms with E-state index >= 15 is 0 Å². The first kappa shape index (κ1) is 17.7. The van der Waals surface area contributed by atoms with Crippen molar-refractivity contribution in [2.75, 3.05) is 41.9 Å². The van der Waals surface area contributed by atoms with Gasteiger partial charge in [0.05, 0.1) is 17.6 Å². The van der Waals surface area contributed by atoms with Gasteiger partial charge in [0.1, 0.15) is 17.7 Å². The molecule has 7 heteroatoms. The second-order valence-corrected chi connectivity index (χ2v) is 8.98. The number of nitrogens with zero attached hydrogens (tertiary/aromatic N) is 6. The van der Waals surface area contributed by atoms with Crippen molar-refractivity contribution in [1.29, 1.82) is 0 Å². The Balaban J connectivity index is 1.43. The first-order valence-electron chi connectivity index (χ1n) is 10.3. The summed E-state index contributed by atoms with van der Waals surface area (Å²) in [5, 5.41) is 2.12. The molecule has 1 fully saturated rings. The fraction of sp³-hybridized carbons (Fsp3) is 0.571. The average molecular weight is 380 g/mol. The van der Waals surface area contributed by atoms with E-state index in [1.807, 2.05) is 18.5 Å². The van der Waals surface area contributed by atoms with Gasteiger partial charge in [-0.05, 0) is 43.2 Å². The molecule has 0 saturated carbocycles. The number of rotatable bonds is 2. The number of aryl methyl sites for hydroxylation is 1. The largest absolute Gasteiger partial charge is 0.355 e. The molecule has 0 bridgehead atoms. The van der Waals surface area contributed by atoms with E-state index in [9.17, 15) is 0 Å². The van der Waals surface area contributed by atoms with Gasteiger partial charge in [0, 0.05) is 32.9 Å². The molecule has 3 aliphatic rings. The number of pyridine rings is 1. The molecule has 1 atom stereocenters. The van der Waals surface area contributed by atoms with Gasteiger partial charge < -0.3 is 9.80 Å². The van der Waals surface area contributed by atoms with Crippen LogP contribution in [0.2, 0.25) is 0 Å². The summed E-state index contributed by atoms with van der Waals surface area (Å²) in [6.07, 6.45) is 8.43. The van der Waals surface area contributed by atoms with E-state index in [1.54, 1.807) is 0 Å². The maximum atomic E-state index is 4.94. The molecule has 1 saturated heterocycles. The van der Waals surface area contributed by atoms with Crippen LogP contribution in [0.25, 0.3) is 0 Å². The summed E-state index contributed by atoms with van der Waals surface area (Å²) in [5.74, 6) is 1.86. The van der Waals surface area contributed by atoms with Gasteiger partial charge >= 0.3 is 0 Å².